The summed E-state index contributed by atoms with van der Waals surface area (Å²) >= 11 is 0. The molecule has 31 heavy (non-hydrogen) atoms. The summed E-state index contributed by atoms with van der Waals surface area (Å²) in [6.45, 7) is 7.11. The molecule has 0 aliphatic carbocycles. The molecule has 1 heterocycles. The first-order valence-corrected chi connectivity index (χ1v) is 10.7. The monoisotopic (exact) mass is 419 g/mol. The zero-order chi connectivity index (χ0) is 22.2. The Kier molecular flexibility index (Phi) is 7.76. The van der Waals surface area contributed by atoms with Gasteiger partial charge in [0.05, 0.1) is 23.8 Å². The quantitative estimate of drug-likeness (QED) is 0.720. The lowest BCUT2D eigenvalue weighted by Crippen LogP contribution is -2.53. The molecule has 1 saturated heterocycles. The lowest BCUT2D eigenvalue weighted by atomic mass is 10.1. The van der Waals surface area contributed by atoms with E-state index in [-0.39, 0.29) is 17.9 Å². The average molecular weight is 420 g/mol. The van der Waals surface area contributed by atoms with Crippen LogP contribution in [0, 0.1) is 11.3 Å². The van der Waals surface area contributed by atoms with Crippen molar-refractivity contribution in [3.8, 4) is 6.07 Å². The first kappa shape index (κ1) is 22.5. The van der Waals surface area contributed by atoms with Crippen LogP contribution in [0.5, 0.6) is 0 Å². The lowest BCUT2D eigenvalue weighted by Gasteiger charge is -2.37. The van der Waals surface area contributed by atoms with Crippen LogP contribution in [0.4, 0.5) is 11.4 Å². The fourth-order valence-corrected chi connectivity index (χ4v) is 3.74. The number of piperazine rings is 1. The Labute approximate surface area is 183 Å². The van der Waals surface area contributed by atoms with Gasteiger partial charge in [-0.3, -0.25) is 19.4 Å². The van der Waals surface area contributed by atoms with E-state index in [4.69, 9.17) is 0 Å². The van der Waals surface area contributed by atoms with Gasteiger partial charge in [0.1, 0.15) is 6.07 Å². The van der Waals surface area contributed by atoms with Gasteiger partial charge >= 0.3 is 0 Å². The number of hydrogen-bond donors (Lipinski definition) is 2. The second-order valence-electron chi connectivity index (χ2n) is 7.69. The van der Waals surface area contributed by atoms with Crippen LogP contribution in [0.1, 0.15) is 25.0 Å². The number of benzene rings is 2. The van der Waals surface area contributed by atoms with Gasteiger partial charge < -0.3 is 10.6 Å². The summed E-state index contributed by atoms with van der Waals surface area (Å²) in [5.41, 5.74) is 2.98. The van der Waals surface area contributed by atoms with E-state index in [1.807, 2.05) is 31.2 Å². The third-order valence-electron chi connectivity index (χ3n) is 5.68. The van der Waals surface area contributed by atoms with E-state index in [9.17, 15) is 14.9 Å². The normalized spacial score (nSPS) is 15.6. The van der Waals surface area contributed by atoms with Crippen LogP contribution in [-0.2, 0) is 16.0 Å². The Balaban J connectivity index is 1.48. The van der Waals surface area contributed by atoms with Gasteiger partial charge in [-0.2, -0.15) is 5.26 Å². The molecule has 1 aliphatic heterocycles. The topological polar surface area (TPSA) is 88.5 Å². The molecule has 0 saturated carbocycles. The van der Waals surface area contributed by atoms with E-state index >= 15 is 0 Å². The van der Waals surface area contributed by atoms with Crippen molar-refractivity contribution in [2.45, 2.75) is 26.3 Å². The molecule has 2 aromatic rings. The average Bonchev–Trinajstić information content (AvgIpc) is 2.79. The molecule has 1 atom stereocenters. The first-order chi connectivity index (χ1) is 15.0. The van der Waals surface area contributed by atoms with Gasteiger partial charge in [0.15, 0.2) is 0 Å². The molecule has 162 valence electrons. The SMILES string of the molecule is CCc1ccccc1NC(=O)CN1CCN([C@H](C)C(=O)Nc2ccccc2C#N)CC1. The summed E-state index contributed by atoms with van der Waals surface area (Å²) in [6.07, 6.45) is 0.869. The second-order valence-corrected chi connectivity index (χ2v) is 7.69. The van der Waals surface area contributed by atoms with Crippen molar-refractivity contribution in [2.24, 2.45) is 0 Å². The largest absolute Gasteiger partial charge is 0.325 e. The highest BCUT2D eigenvalue weighted by atomic mass is 16.2. The predicted molar refractivity (Wildman–Crippen MR) is 122 cm³/mol. The zero-order valence-electron chi connectivity index (χ0n) is 18.1. The Hall–Kier alpha value is -3.21. The van der Waals surface area contributed by atoms with Crippen molar-refractivity contribution in [3.63, 3.8) is 0 Å². The lowest BCUT2D eigenvalue weighted by molar-refractivity contribution is -0.122. The van der Waals surface area contributed by atoms with Crippen molar-refractivity contribution >= 4 is 23.2 Å². The van der Waals surface area contributed by atoms with Gasteiger partial charge in [-0.05, 0) is 37.1 Å². The van der Waals surface area contributed by atoms with Crippen LogP contribution in [0.3, 0.4) is 0 Å². The number of rotatable bonds is 7. The summed E-state index contributed by atoms with van der Waals surface area (Å²) in [4.78, 5) is 29.4. The summed E-state index contributed by atoms with van der Waals surface area (Å²) in [7, 11) is 0. The van der Waals surface area contributed by atoms with E-state index in [1.54, 1.807) is 24.3 Å². The summed E-state index contributed by atoms with van der Waals surface area (Å²) < 4.78 is 0. The van der Waals surface area contributed by atoms with Crippen LogP contribution in [0.2, 0.25) is 0 Å². The number of nitrogens with one attached hydrogen (secondary N) is 2. The smallest absolute Gasteiger partial charge is 0.241 e. The van der Waals surface area contributed by atoms with E-state index in [0.29, 0.717) is 30.9 Å². The van der Waals surface area contributed by atoms with Crippen molar-refractivity contribution in [3.05, 3.63) is 59.7 Å². The highest BCUT2D eigenvalue weighted by Gasteiger charge is 2.26. The number of nitrogens with zero attached hydrogens (tertiary/aromatic N) is 3. The molecule has 0 unspecified atom stereocenters. The summed E-state index contributed by atoms with van der Waals surface area (Å²) in [5.74, 6) is -0.154. The number of carbonyl (C=O) groups is 2. The molecule has 0 aromatic heterocycles. The maximum atomic E-state index is 12.7. The maximum absolute atomic E-state index is 12.7. The maximum Gasteiger partial charge on any atom is 0.241 e. The number of hydrogen-bond acceptors (Lipinski definition) is 5. The van der Waals surface area contributed by atoms with Crippen molar-refractivity contribution in [1.29, 1.82) is 5.26 Å². The molecule has 2 aromatic carbocycles. The van der Waals surface area contributed by atoms with Gasteiger partial charge in [-0.1, -0.05) is 37.3 Å². The van der Waals surface area contributed by atoms with Gasteiger partial charge in [0.2, 0.25) is 11.8 Å². The van der Waals surface area contributed by atoms with Crippen LogP contribution >= 0.6 is 0 Å². The molecule has 0 radical (unpaired) electrons. The molecule has 3 rings (SSSR count). The Morgan fingerprint density at radius 1 is 1.00 bits per heavy atom. The molecule has 2 amide bonds. The molecule has 0 spiro atoms. The molecule has 2 N–H and O–H groups in total. The third-order valence-corrected chi connectivity index (χ3v) is 5.68. The number of anilines is 2. The van der Waals surface area contributed by atoms with E-state index < -0.39 is 0 Å². The van der Waals surface area contributed by atoms with Crippen molar-refractivity contribution < 1.29 is 9.59 Å². The van der Waals surface area contributed by atoms with E-state index in [1.165, 1.54) is 0 Å². The van der Waals surface area contributed by atoms with E-state index in [2.05, 4.69) is 33.4 Å². The molecular weight excluding hydrogens is 390 g/mol. The predicted octanol–water partition coefficient (Wildman–Crippen LogP) is 2.70. The molecule has 1 fully saturated rings. The minimum absolute atomic E-state index is 0.0201. The number of aryl methyl sites for hydroxylation is 1. The van der Waals surface area contributed by atoms with Crippen molar-refractivity contribution in [2.75, 3.05) is 43.4 Å². The summed E-state index contributed by atoms with van der Waals surface area (Å²) in [5, 5.41) is 15.1. The van der Waals surface area contributed by atoms with Crippen LogP contribution in [-0.4, -0.2) is 60.4 Å². The molecule has 7 nitrogen and oxygen atoms in total. The number of nitriles is 1. The van der Waals surface area contributed by atoms with Gasteiger partial charge in [0, 0.05) is 31.9 Å². The van der Waals surface area contributed by atoms with E-state index in [0.717, 1.165) is 30.8 Å². The summed E-state index contributed by atoms with van der Waals surface area (Å²) in [6, 6.07) is 16.6. The molecule has 1 aliphatic rings. The van der Waals surface area contributed by atoms with Crippen molar-refractivity contribution in [1.82, 2.24) is 9.80 Å². The molecular formula is C24H29N5O2. The minimum atomic E-state index is -0.320. The molecule has 0 bridgehead atoms. The van der Waals surface area contributed by atoms with Gasteiger partial charge in [0.25, 0.3) is 0 Å². The Morgan fingerprint density at radius 2 is 1.65 bits per heavy atom. The number of para-hydroxylation sites is 2. The van der Waals surface area contributed by atoms with Crippen LogP contribution in [0.25, 0.3) is 0 Å². The number of carbonyl (C=O) groups excluding carboxylic acids is 2. The zero-order valence-corrected chi connectivity index (χ0v) is 18.1. The fraction of sp³-hybridized carbons (Fsp3) is 0.375. The van der Waals surface area contributed by atoms with Crippen LogP contribution in [0.15, 0.2) is 48.5 Å². The number of amides is 2. The van der Waals surface area contributed by atoms with Gasteiger partial charge in [-0.25, -0.2) is 0 Å². The minimum Gasteiger partial charge on any atom is -0.325 e. The highest BCUT2D eigenvalue weighted by molar-refractivity contribution is 5.95. The highest BCUT2D eigenvalue weighted by Crippen LogP contribution is 2.17. The second kappa shape index (κ2) is 10.7. The third kappa shape index (κ3) is 5.91. The fourth-order valence-electron chi connectivity index (χ4n) is 3.74. The first-order valence-electron chi connectivity index (χ1n) is 10.7. The van der Waals surface area contributed by atoms with Gasteiger partial charge in [-0.15, -0.1) is 0 Å². The standard InChI is InChI=1S/C24H29N5O2/c1-3-19-8-4-6-10-21(19)26-23(30)17-28-12-14-29(15-13-28)18(2)24(31)27-22-11-7-5-9-20(22)16-25/h4-11,18H,3,12-15,17H2,1-2H3,(H,26,30)(H,27,31)/t18-/m1/s1. The molecule has 7 heteroatoms. The Morgan fingerprint density at radius 3 is 2.32 bits per heavy atom. The Bertz CT molecular complexity index is 960. The van der Waals surface area contributed by atoms with Crippen LogP contribution < -0.4 is 10.6 Å².